The quantitative estimate of drug-likeness (QED) is 0.652. The molecule has 1 N–H and O–H groups in total. The van der Waals surface area contributed by atoms with Gasteiger partial charge in [0.25, 0.3) is 0 Å². The fraction of sp³-hybridized carbons (Fsp3) is 0.200. The van der Waals surface area contributed by atoms with E-state index in [0.29, 0.717) is 12.2 Å². The average molecular weight is 288 g/mol. The Hall–Kier alpha value is -2.76. The van der Waals surface area contributed by atoms with E-state index in [9.17, 15) is 10.1 Å². The second-order valence-corrected chi connectivity index (χ2v) is 4.28. The van der Waals surface area contributed by atoms with E-state index < -0.39 is 4.92 Å². The molecule has 0 aliphatic heterocycles. The number of rotatable bonds is 6. The third-order valence-electron chi connectivity index (χ3n) is 3.06. The normalized spacial score (nSPS) is 10.0. The van der Waals surface area contributed by atoms with E-state index in [-0.39, 0.29) is 11.4 Å². The molecule has 0 radical (unpaired) electrons. The minimum atomic E-state index is -0.455. The first-order valence-electron chi connectivity index (χ1n) is 6.34. The van der Waals surface area contributed by atoms with Crippen molar-refractivity contribution in [2.24, 2.45) is 0 Å². The monoisotopic (exact) mass is 288 g/mol. The van der Waals surface area contributed by atoms with Gasteiger partial charge in [-0.2, -0.15) is 0 Å². The molecule has 0 unspecified atom stereocenters. The van der Waals surface area contributed by atoms with Gasteiger partial charge in [0.1, 0.15) is 11.4 Å². The van der Waals surface area contributed by atoms with Gasteiger partial charge in [-0.3, -0.25) is 10.1 Å². The molecule has 2 rings (SSSR count). The highest BCUT2D eigenvalue weighted by Crippen LogP contribution is 2.35. The van der Waals surface area contributed by atoms with Gasteiger partial charge in [-0.1, -0.05) is 24.3 Å². The molecule has 0 saturated heterocycles. The number of methoxy groups -OCH3 is 2. The molecule has 110 valence electrons. The number of nitro benzene ring substituents is 1. The summed E-state index contributed by atoms with van der Waals surface area (Å²) in [4.78, 5) is 10.7. The fourth-order valence-electron chi connectivity index (χ4n) is 2.06. The molecule has 0 heterocycles. The van der Waals surface area contributed by atoms with Crippen LogP contribution < -0.4 is 14.8 Å². The summed E-state index contributed by atoms with van der Waals surface area (Å²) in [5, 5.41) is 14.3. The topological polar surface area (TPSA) is 73.6 Å². The molecular weight excluding hydrogens is 272 g/mol. The Bertz CT molecular complexity index is 643. The fourth-order valence-corrected chi connectivity index (χ4v) is 2.06. The van der Waals surface area contributed by atoms with Gasteiger partial charge in [0, 0.05) is 12.1 Å². The lowest BCUT2D eigenvalue weighted by molar-refractivity contribution is -0.384. The summed E-state index contributed by atoms with van der Waals surface area (Å²) < 4.78 is 10.3. The van der Waals surface area contributed by atoms with E-state index in [0.717, 1.165) is 11.3 Å². The highest BCUT2D eigenvalue weighted by Gasteiger charge is 2.20. The summed E-state index contributed by atoms with van der Waals surface area (Å²) in [7, 11) is 3.00. The molecule has 0 spiro atoms. The van der Waals surface area contributed by atoms with Crippen molar-refractivity contribution in [1.29, 1.82) is 0 Å². The Morgan fingerprint density at radius 2 is 1.71 bits per heavy atom. The van der Waals surface area contributed by atoms with Crippen LogP contribution in [0.15, 0.2) is 42.5 Å². The van der Waals surface area contributed by atoms with E-state index in [4.69, 9.17) is 9.47 Å². The predicted octanol–water partition coefficient (Wildman–Crippen LogP) is 3.22. The zero-order valence-corrected chi connectivity index (χ0v) is 11.8. The first kappa shape index (κ1) is 14.6. The molecular formula is C15H16N2O4. The number of nitrogens with zero attached hydrogens (tertiary/aromatic N) is 1. The zero-order valence-electron chi connectivity index (χ0n) is 11.8. The van der Waals surface area contributed by atoms with E-state index in [1.54, 1.807) is 25.3 Å². The number of benzene rings is 2. The molecule has 21 heavy (non-hydrogen) atoms. The lowest BCUT2D eigenvalue weighted by Gasteiger charge is -2.11. The lowest BCUT2D eigenvalue weighted by atomic mass is 10.2. The van der Waals surface area contributed by atoms with Crippen LogP contribution >= 0.6 is 0 Å². The van der Waals surface area contributed by atoms with Crippen LogP contribution in [0.1, 0.15) is 5.56 Å². The number of hydrogen-bond acceptors (Lipinski definition) is 5. The molecule has 0 atom stereocenters. The van der Waals surface area contributed by atoms with Crippen molar-refractivity contribution in [3.8, 4) is 11.5 Å². The maximum absolute atomic E-state index is 11.2. The maximum Gasteiger partial charge on any atom is 0.333 e. The smallest absolute Gasteiger partial charge is 0.333 e. The second-order valence-electron chi connectivity index (χ2n) is 4.28. The van der Waals surface area contributed by atoms with Gasteiger partial charge in [0.05, 0.1) is 19.1 Å². The van der Waals surface area contributed by atoms with Gasteiger partial charge in [0.15, 0.2) is 5.75 Å². The lowest BCUT2D eigenvalue weighted by Crippen LogP contribution is -2.05. The van der Waals surface area contributed by atoms with Crippen LogP contribution in [0.2, 0.25) is 0 Å². The van der Waals surface area contributed by atoms with Gasteiger partial charge in [0.2, 0.25) is 0 Å². The number of ether oxygens (including phenoxy) is 2. The summed E-state index contributed by atoms with van der Waals surface area (Å²) in [5.41, 5.74) is 1.25. The Labute approximate surface area is 122 Å². The van der Waals surface area contributed by atoms with E-state index in [1.807, 2.05) is 24.3 Å². The molecule has 0 saturated carbocycles. The standard InChI is InChI=1S/C15H16N2O4/c1-20-13-8-4-3-6-11(13)10-16-12-7-5-9-14(21-2)15(12)17(18)19/h3-9,16H,10H2,1-2H3. The number of hydrogen-bond donors (Lipinski definition) is 1. The summed E-state index contributed by atoms with van der Waals surface area (Å²) in [5.74, 6) is 0.959. The van der Waals surface area contributed by atoms with Gasteiger partial charge in [-0.25, -0.2) is 0 Å². The third kappa shape index (κ3) is 3.22. The van der Waals surface area contributed by atoms with Crippen LogP contribution in [0.3, 0.4) is 0 Å². The van der Waals surface area contributed by atoms with Crippen LogP contribution in [0, 0.1) is 10.1 Å². The van der Waals surface area contributed by atoms with Crippen LogP contribution in [-0.2, 0) is 6.54 Å². The van der Waals surface area contributed by atoms with E-state index in [1.165, 1.54) is 7.11 Å². The van der Waals surface area contributed by atoms with E-state index >= 15 is 0 Å². The molecule has 0 aliphatic rings. The van der Waals surface area contributed by atoms with Crippen molar-refractivity contribution in [3.05, 3.63) is 58.1 Å². The minimum Gasteiger partial charge on any atom is -0.496 e. The molecule has 0 amide bonds. The molecule has 0 fully saturated rings. The highest BCUT2D eigenvalue weighted by molar-refractivity contribution is 5.68. The van der Waals surface area contributed by atoms with Crippen LogP contribution in [-0.4, -0.2) is 19.1 Å². The molecule has 2 aromatic rings. The largest absolute Gasteiger partial charge is 0.496 e. The van der Waals surface area contributed by atoms with Crippen LogP contribution in [0.4, 0.5) is 11.4 Å². The van der Waals surface area contributed by atoms with Crippen LogP contribution in [0.25, 0.3) is 0 Å². The van der Waals surface area contributed by atoms with Crippen molar-refractivity contribution in [2.75, 3.05) is 19.5 Å². The molecule has 0 bridgehead atoms. The molecule has 0 aromatic heterocycles. The maximum atomic E-state index is 11.2. The number of nitro groups is 1. The van der Waals surface area contributed by atoms with Crippen molar-refractivity contribution in [1.82, 2.24) is 0 Å². The first-order valence-corrected chi connectivity index (χ1v) is 6.34. The summed E-state index contributed by atoms with van der Waals surface area (Å²) in [6.45, 7) is 0.415. The Balaban J connectivity index is 2.26. The Kier molecular flexibility index (Phi) is 4.61. The van der Waals surface area contributed by atoms with Crippen molar-refractivity contribution < 1.29 is 14.4 Å². The highest BCUT2D eigenvalue weighted by atomic mass is 16.6. The SMILES string of the molecule is COc1ccccc1CNc1cccc(OC)c1[N+](=O)[O-]. The number of nitrogens with one attached hydrogen (secondary N) is 1. The predicted molar refractivity (Wildman–Crippen MR) is 80.0 cm³/mol. The summed E-state index contributed by atoms with van der Waals surface area (Å²) in [6, 6.07) is 12.4. The van der Waals surface area contributed by atoms with Crippen molar-refractivity contribution in [2.45, 2.75) is 6.54 Å². The molecule has 0 aliphatic carbocycles. The second kappa shape index (κ2) is 6.60. The third-order valence-corrected chi connectivity index (χ3v) is 3.06. The van der Waals surface area contributed by atoms with Gasteiger partial charge in [-0.05, 0) is 18.2 Å². The van der Waals surface area contributed by atoms with Crippen LogP contribution in [0.5, 0.6) is 11.5 Å². The minimum absolute atomic E-state index is 0.0742. The number of anilines is 1. The molecule has 2 aromatic carbocycles. The molecule has 6 heteroatoms. The number of para-hydroxylation sites is 2. The first-order chi connectivity index (χ1) is 10.2. The van der Waals surface area contributed by atoms with E-state index in [2.05, 4.69) is 5.32 Å². The Morgan fingerprint density at radius 1 is 1.05 bits per heavy atom. The van der Waals surface area contributed by atoms with Gasteiger partial charge < -0.3 is 14.8 Å². The van der Waals surface area contributed by atoms with Crippen molar-refractivity contribution in [3.63, 3.8) is 0 Å². The summed E-state index contributed by atoms with van der Waals surface area (Å²) >= 11 is 0. The Morgan fingerprint density at radius 3 is 2.38 bits per heavy atom. The molecule has 6 nitrogen and oxygen atoms in total. The van der Waals surface area contributed by atoms with Gasteiger partial charge in [-0.15, -0.1) is 0 Å². The zero-order chi connectivity index (χ0) is 15.2. The average Bonchev–Trinajstić information content (AvgIpc) is 2.52. The van der Waals surface area contributed by atoms with Gasteiger partial charge >= 0.3 is 5.69 Å². The van der Waals surface area contributed by atoms with Crippen molar-refractivity contribution >= 4 is 11.4 Å². The summed E-state index contributed by atoms with van der Waals surface area (Å²) in [6.07, 6.45) is 0.